The fraction of sp³-hybridized carbons (Fsp3) is 0.133. The second kappa shape index (κ2) is 7.16. The normalized spacial score (nSPS) is 10.0. The number of hydrogen-bond acceptors (Lipinski definition) is 5. The van der Waals surface area contributed by atoms with E-state index in [1.165, 1.54) is 11.8 Å². The molecule has 0 unspecified atom stereocenters. The molecule has 0 radical (unpaired) electrons. The molecule has 0 amide bonds. The third-order valence-corrected chi connectivity index (χ3v) is 3.57. The molecule has 0 saturated carbocycles. The van der Waals surface area contributed by atoms with Crippen LogP contribution >= 0.6 is 23.4 Å². The molecule has 112 valence electrons. The average molecular weight is 334 g/mol. The Bertz CT molecular complexity index is 811. The number of thioether (sulfide) groups is 1. The van der Waals surface area contributed by atoms with Crippen LogP contribution in [0.3, 0.4) is 0 Å². The SMILES string of the molecule is C=CCOc1ccc(Cl)cc1-c1nc(SC)[nH]c(=O)c1C#N. The smallest absolute Gasteiger partial charge is 0.270 e. The van der Waals surface area contributed by atoms with E-state index in [4.69, 9.17) is 16.3 Å². The standard InChI is InChI=1S/C15H12ClN3O2S/c1-3-6-21-12-5-4-9(16)7-10(12)13-11(8-17)14(20)19-15(18-13)22-2/h3-5,7H,1,6H2,2H3,(H,18,19,20). The number of H-pyrrole nitrogens is 1. The van der Waals surface area contributed by atoms with Crippen LogP contribution in [0.15, 0.2) is 40.8 Å². The minimum Gasteiger partial charge on any atom is -0.489 e. The molecule has 5 nitrogen and oxygen atoms in total. The van der Waals surface area contributed by atoms with Crippen LogP contribution in [0.4, 0.5) is 0 Å². The van der Waals surface area contributed by atoms with Crippen molar-refractivity contribution in [1.82, 2.24) is 9.97 Å². The monoisotopic (exact) mass is 333 g/mol. The van der Waals surface area contributed by atoms with E-state index >= 15 is 0 Å². The van der Waals surface area contributed by atoms with E-state index in [0.29, 0.717) is 21.5 Å². The zero-order valence-electron chi connectivity index (χ0n) is 11.7. The summed E-state index contributed by atoms with van der Waals surface area (Å²) in [6.07, 6.45) is 3.38. The van der Waals surface area contributed by atoms with E-state index in [0.717, 1.165) is 0 Å². The molecule has 1 aromatic carbocycles. The minimum atomic E-state index is -0.494. The molecule has 7 heteroatoms. The highest BCUT2D eigenvalue weighted by molar-refractivity contribution is 7.98. The fourth-order valence-corrected chi connectivity index (χ4v) is 2.36. The molecule has 22 heavy (non-hydrogen) atoms. The number of nitrogens with zero attached hydrogens (tertiary/aromatic N) is 2. The van der Waals surface area contributed by atoms with Crippen molar-refractivity contribution in [2.45, 2.75) is 5.16 Å². The first-order valence-corrected chi connectivity index (χ1v) is 7.83. The molecule has 0 fully saturated rings. The summed E-state index contributed by atoms with van der Waals surface area (Å²) < 4.78 is 5.56. The zero-order valence-corrected chi connectivity index (χ0v) is 13.3. The van der Waals surface area contributed by atoms with Crippen LogP contribution in [-0.2, 0) is 0 Å². The van der Waals surface area contributed by atoms with Gasteiger partial charge in [-0.15, -0.1) is 0 Å². The van der Waals surface area contributed by atoms with Crippen LogP contribution < -0.4 is 10.3 Å². The van der Waals surface area contributed by atoms with Gasteiger partial charge in [0.2, 0.25) is 0 Å². The van der Waals surface area contributed by atoms with E-state index in [2.05, 4.69) is 16.5 Å². The van der Waals surface area contributed by atoms with Gasteiger partial charge in [0.05, 0.1) is 0 Å². The maximum absolute atomic E-state index is 12.0. The maximum atomic E-state index is 12.0. The highest BCUT2D eigenvalue weighted by Crippen LogP contribution is 2.33. The predicted octanol–water partition coefficient (Wildman–Crippen LogP) is 3.25. The predicted molar refractivity (Wildman–Crippen MR) is 87.5 cm³/mol. The molecule has 1 heterocycles. The number of ether oxygens (including phenoxy) is 1. The summed E-state index contributed by atoms with van der Waals surface area (Å²) in [6.45, 7) is 3.88. The van der Waals surface area contributed by atoms with Crippen molar-refractivity contribution in [3.63, 3.8) is 0 Å². The van der Waals surface area contributed by atoms with Gasteiger partial charge in [0.15, 0.2) is 5.16 Å². The number of nitrogens with one attached hydrogen (secondary N) is 1. The van der Waals surface area contributed by atoms with Crippen molar-refractivity contribution in [3.05, 3.63) is 51.8 Å². The second-order valence-corrected chi connectivity index (χ2v) is 5.38. The Morgan fingerprint density at radius 1 is 1.59 bits per heavy atom. The maximum Gasteiger partial charge on any atom is 0.270 e. The third-order valence-electron chi connectivity index (χ3n) is 2.76. The van der Waals surface area contributed by atoms with Gasteiger partial charge in [0.25, 0.3) is 5.56 Å². The molecule has 0 aliphatic rings. The number of benzene rings is 1. The van der Waals surface area contributed by atoms with Crippen molar-refractivity contribution < 1.29 is 4.74 Å². The lowest BCUT2D eigenvalue weighted by Gasteiger charge is -2.11. The molecule has 0 aliphatic heterocycles. The molecule has 0 aliphatic carbocycles. The number of halogens is 1. The molecule has 2 rings (SSSR count). The van der Waals surface area contributed by atoms with Gasteiger partial charge < -0.3 is 9.72 Å². The largest absolute Gasteiger partial charge is 0.489 e. The Morgan fingerprint density at radius 2 is 2.36 bits per heavy atom. The summed E-state index contributed by atoms with van der Waals surface area (Å²) in [5.74, 6) is 0.478. The first-order valence-electron chi connectivity index (χ1n) is 6.22. The molecule has 0 saturated heterocycles. The Kier molecular flexibility index (Phi) is 5.26. The van der Waals surface area contributed by atoms with Gasteiger partial charge in [-0.1, -0.05) is 36.0 Å². The molecule has 0 spiro atoms. The summed E-state index contributed by atoms with van der Waals surface area (Å²) in [5, 5.41) is 10.1. The zero-order chi connectivity index (χ0) is 16.1. The van der Waals surface area contributed by atoms with Crippen LogP contribution in [0.2, 0.25) is 5.02 Å². The quantitative estimate of drug-likeness (QED) is 0.516. The molecular formula is C15H12ClN3O2S. The summed E-state index contributed by atoms with van der Waals surface area (Å²) in [7, 11) is 0. The van der Waals surface area contributed by atoms with Crippen molar-refractivity contribution in [2.75, 3.05) is 12.9 Å². The van der Waals surface area contributed by atoms with E-state index < -0.39 is 5.56 Å². The van der Waals surface area contributed by atoms with Gasteiger partial charge >= 0.3 is 0 Å². The molecule has 1 N–H and O–H groups in total. The number of hydrogen-bond donors (Lipinski definition) is 1. The first kappa shape index (κ1) is 16.1. The molecule has 1 aromatic heterocycles. The van der Waals surface area contributed by atoms with Crippen molar-refractivity contribution in [3.8, 4) is 23.1 Å². The first-order chi connectivity index (χ1) is 10.6. The van der Waals surface area contributed by atoms with E-state index in [9.17, 15) is 10.1 Å². The van der Waals surface area contributed by atoms with Crippen LogP contribution in [-0.4, -0.2) is 22.8 Å². The molecular weight excluding hydrogens is 322 g/mol. The lowest BCUT2D eigenvalue weighted by molar-refractivity contribution is 0.364. The van der Waals surface area contributed by atoms with Gasteiger partial charge in [0, 0.05) is 10.6 Å². The van der Waals surface area contributed by atoms with Gasteiger partial charge in [-0.2, -0.15) is 5.26 Å². The molecule has 0 bridgehead atoms. The van der Waals surface area contributed by atoms with E-state index in [-0.39, 0.29) is 17.9 Å². The molecule has 0 atom stereocenters. The topological polar surface area (TPSA) is 78.8 Å². The van der Waals surface area contributed by atoms with E-state index in [1.807, 2.05) is 6.07 Å². The Morgan fingerprint density at radius 3 is 3.00 bits per heavy atom. The third kappa shape index (κ3) is 3.32. The summed E-state index contributed by atoms with van der Waals surface area (Å²) in [6, 6.07) is 6.84. The summed E-state index contributed by atoms with van der Waals surface area (Å²) in [4.78, 5) is 18.9. The van der Waals surface area contributed by atoms with Gasteiger partial charge in [-0.3, -0.25) is 4.79 Å². The van der Waals surface area contributed by atoms with Crippen LogP contribution in [0, 0.1) is 11.3 Å². The molecule has 2 aromatic rings. The van der Waals surface area contributed by atoms with Crippen LogP contribution in [0.25, 0.3) is 11.3 Å². The number of aromatic amines is 1. The lowest BCUT2D eigenvalue weighted by atomic mass is 10.1. The highest BCUT2D eigenvalue weighted by atomic mass is 35.5. The Labute approximate surface area is 136 Å². The van der Waals surface area contributed by atoms with Crippen molar-refractivity contribution >= 4 is 23.4 Å². The van der Waals surface area contributed by atoms with Crippen LogP contribution in [0.5, 0.6) is 5.75 Å². The second-order valence-electron chi connectivity index (χ2n) is 4.15. The average Bonchev–Trinajstić information content (AvgIpc) is 2.52. The van der Waals surface area contributed by atoms with Crippen molar-refractivity contribution in [2.24, 2.45) is 0 Å². The van der Waals surface area contributed by atoms with Gasteiger partial charge in [0.1, 0.15) is 29.7 Å². The minimum absolute atomic E-state index is 0.0801. The van der Waals surface area contributed by atoms with Gasteiger partial charge in [-0.05, 0) is 24.5 Å². The highest BCUT2D eigenvalue weighted by Gasteiger charge is 2.17. The summed E-state index contributed by atoms with van der Waals surface area (Å²) >= 11 is 7.31. The Balaban J connectivity index is 2.72. The summed E-state index contributed by atoms with van der Waals surface area (Å²) in [5.41, 5.74) is 0.166. The number of rotatable bonds is 5. The fourth-order valence-electron chi connectivity index (χ4n) is 1.81. The van der Waals surface area contributed by atoms with Gasteiger partial charge in [-0.25, -0.2) is 4.98 Å². The van der Waals surface area contributed by atoms with Crippen molar-refractivity contribution in [1.29, 1.82) is 5.26 Å². The number of aromatic nitrogens is 2. The van der Waals surface area contributed by atoms with E-state index in [1.54, 1.807) is 30.5 Å². The van der Waals surface area contributed by atoms with Crippen LogP contribution in [0.1, 0.15) is 5.56 Å². The Hall–Kier alpha value is -2.23. The number of nitriles is 1. The lowest BCUT2D eigenvalue weighted by Crippen LogP contribution is -2.15.